The zero-order valence-electron chi connectivity index (χ0n) is 23.0. The van der Waals surface area contributed by atoms with Gasteiger partial charge in [0.2, 0.25) is 0 Å². The van der Waals surface area contributed by atoms with Crippen molar-refractivity contribution in [2.75, 3.05) is 13.7 Å². The molecule has 9 nitrogen and oxygen atoms in total. The molecule has 0 radical (unpaired) electrons. The molecule has 2 fully saturated rings. The van der Waals surface area contributed by atoms with Gasteiger partial charge in [-0.15, -0.1) is 0 Å². The quantitative estimate of drug-likeness (QED) is 0.342. The summed E-state index contributed by atoms with van der Waals surface area (Å²) in [7, 11) is 1.41. The number of ether oxygens (including phenoxy) is 3. The Bertz CT molecular complexity index is 910. The molecule has 202 valence electrons. The fraction of sp³-hybridized carbons (Fsp3) is 0.778. The van der Waals surface area contributed by atoms with Crippen molar-refractivity contribution in [3.63, 3.8) is 0 Å². The summed E-state index contributed by atoms with van der Waals surface area (Å²) in [4.78, 5) is 44.0. The third-order valence-electron chi connectivity index (χ3n) is 6.87. The van der Waals surface area contributed by atoms with Crippen molar-refractivity contribution in [2.45, 2.75) is 116 Å². The molecule has 1 aromatic rings. The van der Waals surface area contributed by atoms with Gasteiger partial charge in [0.1, 0.15) is 16.6 Å². The number of aromatic nitrogens is 2. The van der Waals surface area contributed by atoms with Crippen molar-refractivity contribution in [1.82, 2.24) is 14.5 Å². The maximum absolute atomic E-state index is 12.9. The Morgan fingerprint density at radius 2 is 1.61 bits per heavy atom. The highest BCUT2D eigenvalue weighted by Crippen LogP contribution is 2.57. The van der Waals surface area contributed by atoms with E-state index in [0.717, 1.165) is 23.4 Å². The minimum Gasteiger partial charge on any atom is -0.468 e. The molecule has 2 amide bonds. The third-order valence-corrected chi connectivity index (χ3v) is 6.87. The fourth-order valence-corrected chi connectivity index (χ4v) is 5.06. The van der Waals surface area contributed by atoms with Gasteiger partial charge < -0.3 is 18.8 Å². The number of esters is 1. The first-order chi connectivity index (χ1) is 16.8. The van der Waals surface area contributed by atoms with E-state index in [4.69, 9.17) is 14.2 Å². The fourth-order valence-electron chi connectivity index (χ4n) is 5.06. The van der Waals surface area contributed by atoms with Crippen LogP contribution in [-0.2, 0) is 24.4 Å². The Morgan fingerprint density at radius 1 is 1.03 bits per heavy atom. The number of methoxy groups -OCH3 is 1. The van der Waals surface area contributed by atoms with Crippen LogP contribution in [0.1, 0.15) is 105 Å². The lowest BCUT2D eigenvalue weighted by Crippen LogP contribution is -2.44. The number of hydrogen-bond acceptors (Lipinski definition) is 7. The lowest BCUT2D eigenvalue weighted by molar-refractivity contribution is -0.144. The normalized spacial score (nSPS) is 22.6. The molecular formula is C27H43N3O6. The summed E-state index contributed by atoms with van der Waals surface area (Å²) < 4.78 is 18.2. The molecule has 0 N–H and O–H groups in total. The number of carbonyl (C=O) groups excluding carboxylic acids is 3. The van der Waals surface area contributed by atoms with Gasteiger partial charge in [0.05, 0.1) is 19.1 Å². The smallest absolute Gasteiger partial charge is 0.419 e. The van der Waals surface area contributed by atoms with E-state index in [9.17, 15) is 14.4 Å². The van der Waals surface area contributed by atoms with Crippen LogP contribution in [0.4, 0.5) is 9.59 Å². The molecule has 0 unspecified atom stereocenters. The Hall–Kier alpha value is -2.58. The van der Waals surface area contributed by atoms with Gasteiger partial charge in [0.15, 0.2) is 0 Å². The lowest BCUT2D eigenvalue weighted by atomic mass is 9.95. The van der Waals surface area contributed by atoms with Gasteiger partial charge in [-0.25, -0.2) is 19.5 Å². The Morgan fingerprint density at radius 3 is 2.14 bits per heavy atom. The van der Waals surface area contributed by atoms with Crippen molar-refractivity contribution in [1.29, 1.82) is 0 Å². The summed E-state index contributed by atoms with van der Waals surface area (Å²) in [5.41, 5.74) is -1.51. The summed E-state index contributed by atoms with van der Waals surface area (Å²) in [6, 6.07) is 0.433. The first kappa shape index (κ1) is 28.0. The van der Waals surface area contributed by atoms with Gasteiger partial charge in [-0.2, -0.15) is 0 Å². The van der Waals surface area contributed by atoms with Crippen LogP contribution < -0.4 is 0 Å². The Kier molecular flexibility index (Phi) is 8.41. The highest BCUT2D eigenvalue weighted by molar-refractivity contribution is 5.88. The number of nitrogens with zero attached hydrogens (tertiary/aromatic N) is 3. The van der Waals surface area contributed by atoms with Crippen molar-refractivity contribution < 1.29 is 28.6 Å². The number of hydrogen-bond donors (Lipinski definition) is 0. The van der Waals surface area contributed by atoms with E-state index in [1.54, 1.807) is 41.5 Å². The first-order valence-electron chi connectivity index (χ1n) is 13.1. The van der Waals surface area contributed by atoms with Crippen LogP contribution in [0.15, 0.2) is 12.5 Å². The van der Waals surface area contributed by atoms with E-state index in [1.807, 2.05) is 12.5 Å². The molecule has 36 heavy (non-hydrogen) atoms. The number of amides is 2. The van der Waals surface area contributed by atoms with Gasteiger partial charge in [-0.1, -0.05) is 19.3 Å². The molecule has 2 aliphatic rings. The van der Waals surface area contributed by atoms with Crippen LogP contribution in [0.5, 0.6) is 0 Å². The molecule has 0 spiro atoms. The molecule has 1 heterocycles. The molecule has 0 bridgehead atoms. The molecular weight excluding hydrogens is 462 g/mol. The Balaban J connectivity index is 1.67. The van der Waals surface area contributed by atoms with Crippen molar-refractivity contribution >= 4 is 18.2 Å². The van der Waals surface area contributed by atoms with E-state index in [1.165, 1.54) is 26.4 Å². The highest BCUT2D eigenvalue weighted by atomic mass is 16.6. The number of imidazole rings is 1. The molecule has 2 saturated carbocycles. The maximum atomic E-state index is 12.9. The van der Waals surface area contributed by atoms with Gasteiger partial charge in [-0.3, -0.25) is 4.79 Å². The Labute approximate surface area is 214 Å². The van der Waals surface area contributed by atoms with E-state index in [0.29, 0.717) is 25.3 Å². The minimum absolute atomic E-state index is 0.0266. The van der Waals surface area contributed by atoms with Gasteiger partial charge in [0.25, 0.3) is 0 Å². The number of imide groups is 1. The SMILES string of the molecule is COC(=O)[C@@]1(c2cn(C3CCCCC3)cn2)C[C@H]1CCCN(C(=O)OC(C)(C)C)C(=O)OC(C)(C)C. The van der Waals surface area contributed by atoms with Crippen LogP contribution >= 0.6 is 0 Å². The molecule has 0 aliphatic heterocycles. The van der Waals surface area contributed by atoms with E-state index >= 15 is 0 Å². The van der Waals surface area contributed by atoms with Crippen LogP contribution in [-0.4, -0.2) is 57.5 Å². The average molecular weight is 506 g/mol. The number of carbonyl (C=O) groups is 3. The highest BCUT2D eigenvalue weighted by Gasteiger charge is 2.63. The first-order valence-corrected chi connectivity index (χ1v) is 13.1. The lowest BCUT2D eigenvalue weighted by Gasteiger charge is -2.28. The molecule has 0 aromatic carbocycles. The van der Waals surface area contributed by atoms with Crippen molar-refractivity contribution in [2.24, 2.45) is 5.92 Å². The molecule has 0 saturated heterocycles. The van der Waals surface area contributed by atoms with Gasteiger partial charge >= 0.3 is 18.2 Å². The monoisotopic (exact) mass is 505 g/mol. The molecule has 2 aliphatic carbocycles. The van der Waals surface area contributed by atoms with Crippen molar-refractivity contribution in [3.8, 4) is 0 Å². The molecule has 2 atom stereocenters. The second-order valence-electron chi connectivity index (χ2n) is 12.1. The van der Waals surface area contributed by atoms with Gasteiger partial charge in [0, 0.05) is 18.8 Å². The number of rotatable bonds is 7. The largest absolute Gasteiger partial charge is 0.468 e. The average Bonchev–Trinajstić information content (AvgIpc) is 3.28. The summed E-state index contributed by atoms with van der Waals surface area (Å²) in [6.45, 7) is 10.6. The molecule has 1 aromatic heterocycles. The maximum Gasteiger partial charge on any atom is 0.419 e. The molecule has 3 rings (SSSR count). The predicted octanol–water partition coefficient (Wildman–Crippen LogP) is 5.77. The minimum atomic E-state index is -0.767. The molecule has 9 heteroatoms. The predicted molar refractivity (Wildman–Crippen MR) is 135 cm³/mol. The summed E-state index contributed by atoms with van der Waals surface area (Å²) in [5, 5.41) is 0. The van der Waals surface area contributed by atoms with Crippen LogP contribution in [0.2, 0.25) is 0 Å². The topological polar surface area (TPSA) is 100.0 Å². The second-order valence-corrected chi connectivity index (χ2v) is 12.1. The van der Waals surface area contributed by atoms with E-state index in [2.05, 4.69) is 9.55 Å². The van der Waals surface area contributed by atoms with Gasteiger partial charge in [-0.05, 0) is 79.6 Å². The third kappa shape index (κ3) is 6.79. The summed E-state index contributed by atoms with van der Waals surface area (Å²) >= 11 is 0. The standard InChI is InChI=1S/C27H43N3O6/c1-25(2,3)35-23(32)30(24(33)36-26(4,5)6)15-11-12-19-16-27(19,22(31)34-7)21-17-29(18-28-21)20-13-9-8-10-14-20/h17-20H,8-16H2,1-7H3/t19-,27+/m1/s1. The van der Waals surface area contributed by atoms with Crippen molar-refractivity contribution in [3.05, 3.63) is 18.2 Å². The second kappa shape index (κ2) is 10.8. The van der Waals surface area contributed by atoms with Crippen LogP contribution in [0, 0.1) is 5.92 Å². The van der Waals surface area contributed by atoms with E-state index < -0.39 is 28.8 Å². The zero-order chi connectivity index (χ0) is 26.7. The summed E-state index contributed by atoms with van der Waals surface area (Å²) in [5.74, 6) is -0.253. The van der Waals surface area contributed by atoms with E-state index in [-0.39, 0.29) is 18.4 Å². The van der Waals surface area contributed by atoms with Crippen LogP contribution in [0.3, 0.4) is 0 Å². The zero-order valence-corrected chi connectivity index (χ0v) is 23.0. The van der Waals surface area contributed by atoms with Crippen LogP contribution in [0.25, 0.3) is 0 Å². The summed E-state index contributed by atoms with van der Waals surface area (Å²) in [6.07, 6.45) is 10.1.